The molecule has 0 saturated carbocycles. The summed E-state index contributed by atoms with van der Waals surface area (Å²) in [7, 11) is -3.68. The lowest BCUT2D eigenvalue weighted by molar-refractivity contribution is 0.239. The average molecular weight is 439 g/mol. The second-order valence-corrected chi connectivity index (χ2v) is 10.4. The molecule has 30 heavy (non-hydrogen) atoms. The van der Waals surface area contributed by atoms with Crippen LogP contribution in [0.25, 0.3) is 0 Å². The molecule has 5 rings (SSSR count). The summed E-state index contributed by atoms with van der Waals surface area (Å²) in [5, 5.41) is 3.43. The topological polar surface area (TPSA) is 58.6 Å². The smallest absolute Gasteiger partial charge is 0.247 e. The summed E-state index contributed by atoms with van der Waals surface area (Å²) in [5.74, 6) is 2.76. The Morgan fingerprint density at radius 2 is 1.73 bits per heavy atom. The van der Waals surface area contributed by atoms with Gasteiger partial charge in [0.15, 0.2) is 0 Å². The third-order valence-corrected chi connectivity index (χ3v) is 8.40. The molecule has 1 saturated heterocycles. The van der Waals surface area contributed by atoms with E-state index >= 15 is 0 Å². The Labute approximate surface area is 181 Å². The molecule has 0 unspecified atom stereocenters. The van der Waals surface area contributed by atoms with Gasteiger partial charge in [0.05, 0.1) is 5.69 Å². The predicted molar refractivity (Wildman–Crippen MR) is 120 cm³/mol. The fraction of sp³-hybridized carbons (Fsp3) is 0.217. The number of nitrogens with one attached hydrogen (secondary N) is 1. The molecule has 0 bridgehead atoms. The number of para-hydroxylation sites is 1. The highest BCUT2D eigenvalue weighted by atomic mass is 32.2. The SMILES string of the molecule is O=S1(=O)c2ccccc2N[C@@H](c2cccc(OC3CSC3)c2)N1Cc1ccccc1. The second kappa shape index (κ2) is 7.98. The monoisotopic (exact) mass is 438 g/mol. The normalized spacial score (nSPS) is 20.6. The fourth-order valence-electron chi connectivity index (χ4n) is 3.72. The lowest BCUT2D eigenvalue weighted by Gasteiger charge is -2.37. The predicted octanol–water partition coefficient (Wildman–Crippen LogP) is 4.50. The molecule has 3 aromatic rings. The van der Waals surface area contributed by atoms with E-state index in [1.165, 1.54) is 4.31 Å². The van der Waals surface area contributed by atoms with Crippen LogP contribution in [-0.2, 0) is 16.6 Å². The minimum atomic E-state index is -3.68. The Kier molecular flexibility index (Phi) is 5.18. The van der Waals surface area contributed by atoms with Crippen LogP contribution in [0.4, 0.5) is 5.69 Å². The van der Waals surface area contributed by atoms with Crippen molar-refractivity contribution in [2.24, 2.45) is 0 Å². The molecule has 0 spiro atoms. The van der Waals surface area contributed by atoms with E-state index in [0.717, 1.165) is 28.4 Å². The van der Waals surface area contributed by atoms with E-state index in [9.17, 15) is 8.42 Å². The number of ether oxygens (including phenoxy) is 1. The molecule has 0 amide bonds. The van der Waals surface area contributed by atoms with Crippen molar-refractivity contribution < 1.29 is 13.2 Å². The van der Waals surface area contributed by atoms with E-state index in [0.29, 0.717) is 10.6 Å². The summed E-state index contributed by atoms with van der Waals surface area (Å²) in [6.45, 7) is 0.277. The Hall–Kier alpha value is -2.48. The largest absolute Gasteiger partial charge is 0.489 e. The molecule has 154 valence electrons. The maximum atomic E-state index is 13.6. The zero-order valence-corrected chi connectivity index (χ0v) is 17.9. The van der Waals surface area contributed by atoms with E-state index < -0.39 is 16.2 Å². The van der Waals surface area contributed by atoms with Gasteiger partial charge in [0, 0.05) is 18.1 Å². The number of anilines is 1. The number of hydrogen-bond acceptors (Lipinski definition) is 5. The third kappa shape index (κ3) is 3.69. The molecule has 5 nitrogen and oxygen atoms in total. The summed E-state index contributed by atoms with van der Waals surface area (Å²) in [6.07, 6.45) is -0.293. The molecule has 2 heterocycles. The third-order valence-electron chi connectivity index (χ3n) is 5.32. The molecule has 1 atom stereocenters. The van der Waals surface area contributed by atoms with Crippen LogP contribution in [0.5, 0.6) is 5.75 Å². The molecule has 0 aliphatic carbocycles. The lowest BCUT2D eigenvalue weighted by Crippen LogP contribution is -2.42. The van der Waals surface area contributed by atoms with Crippen LogP contribution in [0.1, 0.15) is 17.3 Å². The van der Waals surface area contributed by atoms with Crippen LogP contribution in [0.15, 0.2) is 83.8 Å². The number of hydrogen-bond donors (Lipinski definition) is 1. The zero-order chi connectivity index (χ0) is 20.6. The highest BCUT2D eigenvalue weighted by Crippen LogP contribution is 2.40. The van der Waals surface area contributed by atoms with Gasteiger partial charge in [0.25, 0.3) is 0 Å². The molecular formula is C23H22N2O3S2. The van der Waals surface area contributed by atoms with Crippen LogP contribution in [-0.4, -0.2) is 30.3 Å². The highest BCUT2D eigenvalue weighted by Gasteiger charge is 2.39. The molecule has 2 aliphatic heterocycles. The summed E-state index contributed by atoms with van der Waals surface area (Å²) in [5.41, 5.74) is 2.41. The lowest BCUT2D eigenvalue weighted by atomic mass is 10.1. The zero-order valence-electron chi connectivity index (χ0n) is 16.3. The van der Waals surface area contributed by atoms with Crippen LogP contribution >= 0.6 is 11.8 Å². The van der Waals surface area contributed by atoms with Gasteiger partial charge in [-0.25, -0.2) is 8.42 Å². The number of thioether (sulfide) groups is 1. The number of benzene rings is 3. The highest BCUT2D eigenvalue weighted by molar-refractivity contribution is 8.00. The van der Waals surface area contributed by atoms with Crippen LogP contribution in [0.2, 0.25) is 0 Å². The van der Waals surface area contributed by atoms with Gasteiger partial charge in [-0.1, -0.05) is 54.6 Å². The molecular weight excluding hydrogens is 416 g/mol. The first kappa shape index (κ1) is 19.5. The minimum Gasteiger partial charge on any atom is -0.489 e. The van der Waals surface area contributed by atoms with Crippen molar-refractivity contribution in [2.75, 3.05) is 16.8 Å². The minimum absolute atomic E-state index is 0.231. The van der Waals surface area contributed by atoms with Gasteiger partial charge in [-0.2, -0.15) is 16.1 Å². The van der Waals surface area contributed by atoms with Crippen LogP contribution in [0, 0.1) is 0 Å². The average Bonchev–Trinajstić information content (AvgIpc) is 2.74. The summed E-state index contributed by atoms with van der Waals surface area (Å²) >= 11 is 1.87. The van der Waals surface area contributed by atoms with Crippen molar-refractivity contribution in [3.05, 3.63) is 90.0 Å². The van der Waals surface area contributed by atoms with Gasteiger partial charge in [-0.05, 0) is 35.4 Å². The summed E-state index contributed by atoms with van der Waals surface area (Å²) in [6, 6.07) is 24.5. The first-order valence-corrected chi connectivity index (χ1v) is 12.5. The van der Waals surface area contributed by atoms with Crippen molar-refractivity contribution in [1.82, 2.24) is 4.31 Å². The number of fused-ring (bicyclic) bond motifs is 1. The molecule has 3 aromatic carbocycles. The van der Waals surface area contributed by atoms with Crippen molar-refractivity contribution in [1.29, 1.82) is 0 Å². The molecule has 0 aromatic heterocycles. The first-order chi connectivity index (χ1) is 14.6. The van der Waals surface area contributed by atoms with Crippen molar-refractivity contribution in [3.63, 3.8) is 0 Å². The summed E-state index contributed by atoms with van der Waals surface area (Å²) < 4.78 is 34.7. The van der Waals surface area contributed by atoms with Gasteiger partial charge in [0.2, 0.25) is 10.0 Å². The van der Waals surface area contributed by atoms with Gasteiger partial charge in [-0.3, -0.25) is 0 Å². The second-order valence-electron chi connectivity index (χ2n) is 7.43. The number of rotatable bonds is 5. The van der Waals surface area contributed by atoms with Gasteiger partial charge in [-0.15, -0.1) is 0 Å². The van der Waals surface area contributed by atoms with Crippen LogP contribution in [0.3, 0.4) is 0 Å². The Morgan fingerprint density at radius 3 is 2.50 bits per heavy atom. The molecule has 7 heteroatoms. The van der Waals surface area contributed by atoms with E-state index in [-0.39, 0.29) is 12.6 Å². The Balaban J connectivity index is 1.55. The number of nitrogens with zero attached hydrogens (tertiary/aromatic N) is 1. The van der Waals surface area contributed by atoms with Crippen LogP contribution < -0.4 is 10.1 Å². The maximum absolute atomic E-state index is 13.6. The quantitative estimate of drug-likeness (QED) is 0.636. The van der Waals surface area contributed by atoms with Gasteiger partial charge >= 0.3 is 0 Å². The molecule has 2 aliphatic rings. The maximum Gasteiger partial charge on any atom is 0.247 e. The molecule has 1 fully saturated rings. The Bertz CT molecular complexity index is 1150. The fourth-order valence-corrected chi connectivity index (χ4v) is 5.96. The van der Waals surface area contributed by atoms with Crippen molar-refractivity contribution in [2.45, 2.75) is 23.7 Å². The standard InChI is InChI=1S/C23H22N2O3S2/c26-30(27)22-12-5-4-11-21(22)24-23(25(30)14-17-7-2-1-3-8-17)18-9-6-10-19(13-18)28-20-15-29-16-20/h1-13,20,23-24H,14-16H2/t23-/m1/s1. The van der Waals surface area contributed by atoms with E-state index in [2.05, 4.69) is 5.32 Å². The van der Waals surface area contributed by atoms with E-state index in [4.69, 9.17) is 4.74 Å². The number of sulfonamides is 1. The van der Waals surface area contributed by atoms with E-state index in [1.807, 2.05) is 78.5 Å². The van der Waals surface area contributed by atoms with E-state index in [1.54, 1.807) is 12.1 Å². The molecule has 0 radical (unpaired) electrons. The van der Waals surface area contributed by atoms with Crippen molar-refractivity contribution >= 4 is 27.5 Å². The Morgan fingerprint density at radius 1 is 0.967 bits per heavy atom. The first-order valence-electron chi connectivity index (χ1n) is 9.87. The molecule has 1 N–H and O–H groups in total. The van der Waals surface area contributed by atoms with Crippen molar-refractivity contribution in [3.8, 4) is 5.75 Å². The van der Waals surface area contributed by atoms with Gasteiger partial charge < -0.3 is 10.1 Å². The van der Waals surface area contributed by atoms with Gasteiger partial charge in [0.1, 0.15) is 22.9 Å². The summed E-state index contributed by atoms with van der Waals surface area (Å²) in [4.78, 5) is 0.302.